The number of thiazole rings is 1. The minimum atomic E-state index is -0.281. The summed E-state index contributed by atoms with van der Waals surface area (Å²) in [7, 11) is 0. The molecule has 152 valence electrons. The quantitative estimate of drug-likeness (QED) is 0.305. The molecule has 0 bridgehead atoms. The van der Waals surface area contributed by atoms with Gasteiger partial charge in [-0.15, -0.1) is 21.5 Å². The first-order chi connectivity index (χ1) is 15.3. The average molecular weight is 446 g/mol. The van der Waals surface area contributed by atoms with Gasteiger partial charge >= 0.3 is 0 Å². The molecule has 0 saturated carbocycles. The van der Waals surface area contributed by atoms with E-state index in [9.17, 15) is 4.39 Å². The van der Waals surface area contributed by atoms with Crippen LogP contribution < -0.4 is 0 Å². The standard InChI is InChI=1S/C23H16FN5S2/c24-17-9-11-19(12-10-17)29-21(16-6-2-1-3-7-16)27-28-23(29)31-15-18-14-30-22(26-18)20-8-4-5-13-25-20/h1-14H,15H2. The normalized spacial score (nSPS) is 11.0. The second-order valence-electron chi connectivity index (χ2n) is 6.63. The van der Waals surface area contributed by atoms with Crippen molar-refractivity contribution in [3.05, 3.63) is 95.9 Å². The van der Waals surface area contributed by atoms with E-state index in [1.807, 2.05) is 58.5 Å². The first-order valence-electron chi connectivity index (χ1n) is 9.53. The number of benzene rings is 2. The molecule has 0 unspecified atom stereocenters. The van der Waals surface area contributed by atoms with E-state index < -0.39 is 0 Å². The molecule has 3 aromatic heterocycles. The lowest BCUT2D eigenvalue weighted by atomic mass is 10.2. The molecule has 0 spiro atoms. The minimum Gasteiger partial charge on any atom is -0.270 e. The van der Waals surface area contributed by atoms with E-state index in [0.29, 0.717) is 11.6 Å². The Kier molecular flexibility index (Phi) is 5.56. The largest absolute Gasteiger partial charge is 0.270 e. The van der Waals surface area contributed by atoms with Gasteiger partial charge in [-0.25, -0.2) is 9.37 Å². The van der Waals surface area contributed by atoms with E-state index in [0.717, 1.165) is 32.8 Å². The molecular weight excluding hydrogens is 429 g/mol. The first-order valence-corrected chi connectivity index (χ1v) is 11.4. The van der Waals surface area contributed by atoms with Crippen LogP contribution >= 0.6 is 23.1 Å². The van der Waals surface area contributed by atoms with E-state index in [1.165, 1.54) is 12.1 Å². The summed E-state index contributed by atoms with van der Waals surface area (Å²) in [6.45, 7) is 0. The van der Waals surface area contributed by atoms with Crippen molar-refractivity contribution in [1.29, 1.82) is 0 Å². The lowest BCUT2D eigenvalue weighted by molar-refractivity contribution is 0.627. The van der Waals surface area contributed by atoms with Gasteiger partial charge in [0.05, 0.1) is 11.4 Å². The Morgan fingerprint density at radius 3 is 2.48 bits per heavy atom. The van der Waals surface area contributed by atoms with Crippen molar-refractivity contribution in [3.8, 4) is 27.8 Å². The van der Waals surface area contributed by atoms with E-state index in [1.54, 1.807) is 41.4 Å². The van der Waals surface area contributed by atoms with Crippen molar-refractivity contribution in [2.24, 2.45) is 0 Å². The molecule has 3 heterocycles. The summed E-state index contributed by atoms with van der Waals surface area (Å²) in [6.07, 6.45) is 1.77. The van der Waals surface area contributed by atoms with Crippen LogP contribution in [0.2, 0.25) is 0 Å². The highest BCUT2D eigenvalue weighted by molar-refractivity contribution is 7.98. The van der Waals surface area contributed by atoms with Crippen LogP contribution in [-0.2, 0) is 5.75 Å². The van der Waals surface area contributed by atoms with E-state index in [4.69, 9.17) is 4.98 Å². The predicted molar refractivity (Wildman–Crippen MR) is 122 cm³/mol. The number of rotatable bonds is 6. The van der Waals surface area contributed by atoms with Crippen molar-refractivity contribution in [3.63, 3.8) is 0 Å². The number of pyridine rings is 1. The summed E-state index contributed by atoms with van der Waals surface area (Å²) >= 11 is 3.11. The predicted octanol–water partition coefficient (Wildman–Crippen LogP) is 5.88. The molecule has 0 atom stereocenters. The van der Waals surface area contributed by atoms with Gasteiger partial charge in [-0.3, -0.25) is 9.55 Å². The van der Waals surface area contributed by atoms with Gasteiger partial charge in [-0.1, -0.05) is 48.2 Å². The van der Waals surface area contributed by atoms with Crippen LogP contribution in [0.4, 0.5) is 4.39 Å². The highest BCUT2D eigenvalue weighted by atomic mass is 32.2. The molecule has 0 radical (unpaired) electrons. The van der Waals surface area contributed by atoms with Crippen LogP contribution in [-0.4, -0.2) is 24.7 Å². The van der Waals surface area contributed by atoms with Crippen LogP contribution in [0.1, 0.15) is 5.69 Å². The third-order valence-corrected chi connectivity index (χ3v) is 6.41. The zero-order valence-electron chi connectivity index (χ0n) is 16.2. The molecule has 0 aliphatic rings. The van der Waals surface area contributed by atoms with Gasteiger partial charge in [-0.2, -0.15) is 0 Å². The van der Waals surface area contributed by atoms with Gasteiger partial charge < -0.3 is 0 Å². The van der Waals surface area contributed by atoms with Crippen molar-refractivity contribution in [2.75, 3.05) is 0 Å². The monoisotopic (exact) mass is 445 g/mol. The van der Waals surface area contributed by atoms with Gasteiger partial charge in [0.15, 0.2) is 11.0 Å². The summed E-state index contributed by atoms with van der Waals surface area (Å²) in [5, 5.41) is 12.5. The molecule has 0 N–H and O–H groups in total. The van der Waals surface area contributed by atoms with Gasteiger partial charge in [0.2, 0.25) is 0 Å². The maximum absolute atomic E-state index is 13.5. The number of nitrogens with zero attached hydrogens (tertiary/aromatic N) is 5. The molecular formula is C23H16FN5S2. The summed E-state index contributed by atoms with van der Waals surface area (Å²) in [5.41, 5.74) is 3.56. The molecule has 8 heteroatoms. The highest BCUT2D eigenvalue weighted by Gasteiger charge is 2.17. The molecule has 0 fully saturated rings. The third kappa shape index (κ3) is 4.26. The SMILES string of the molecule is Fc1ccc(-n2c(SCc3csc(-c4ccccn4)n3)nnc2-c2ccccc2)cc1. The van der Waals surface area contributed by atoms with E-state index in [-0.39, 0.29) is 5.82 Å². The fraction of sp³-hybridized carbons (Fsp3) is 0.0435. The summed E-state index contributed by atoms with van der Waals surface area (Å²) in [4.78, 5) is 9.07. The Hall–Kier alpha value is -3.36. The molecule has 0 amide bonds. The van der Waals surface area contributed by atoms with Gasteiger partial charge in [-0.05, 0) is 36.4 Å². The topological polar surface area (TPSA) is 56.5 Å². The zero-order valence-corrected chi connectivity index (χ0v) is 17.9. The van der Waals surface area contributed by atoms with E-state index in [2.05, 4.69) is 15.2 Å². The Morgan fingerprint density at radius 2 is 1.71 bits per heavy atom. The lowest BCUT2D eigenvalue weighted by Gasteiger charge is -2.10. The first kappa shape index (κ1) is 19.6. The second kappa shape index (κ2) is 8.79. The molecule has 2 aromatic carbocycles. The van der Waals surface area contributed by atoms with Crippen LogP contribution in [0.3, 0.4) is 0 Å². The summed E-state index contributed by atoms with van der Waals surface area (Å²) < 4.78 is 15.5. The van der Waals surface area contributed by atoms with Crippen LogP contribution in [0.15, 0.2) is 89.5 Å². The fourth-order valence-corrected chi connectivity index (χ4v) is 4.82. The Balaban J connectivity index is 1.45. The van der Waals surface area contributed by atoms with Gasteiger partial charge in [0.1, 0.15) is 10.8 Å². The summed E-state index contributed by atoms with van der Waals surface area (Å²) in [5.74, 6) is 1.07. The van der Waals surface area contributed by atoms with Crippen LogP contribution in [0.5, 0.6) is 0 Å². The number of thioether (sulfide) groups is 1. The molecule has 0 aliphatic heterocycles. The van der Waals surface area contributed by atoms with Crippen molar-refractivity contribution >= 4 is 23.1 Å². The molecule has 0 aliphatic carbocycles. The van der Waals surface area contributed by atoms with E-state index >= 15 is 0 Å². The zero-order chi connectivity index (χ0) is 21.0. The van der Waals surface area contributed by atoms with Crippen molar-refractivity contribution < 1.29 is 4.39 Å². The molecule has 5 rings (SSSR count). The van der Waals surface area contributed by atoms with Crippen LogP contribution in [0.25, 0.3) is 27.8 Å². The van der Waals surface area contributed by atoms with Crippen molar-refractivity contribution in [1.82, 2.24) is 24.7 Å². The van der Waals surface area contributed by atoms with Crippen molar-refractivity contribution in [2.45, 2.75) is 10.9 Å². The average Bonchev–Trinajstić information content (AvgIpc) is 3.47. The molecule has 31 heavy (non-hydrogen) atoms. The fourth-order valence-electron chi connectivity index (χ4n) is 3.08. The highest BCUT2D eigenvalue weighted by Crippen LogP contribution is 2.31. The Labute approximate surface area is 186 Å². The maximum atomic E-state index is 13.5. The Bertz CT molecular complexity index is 1280. The number of aromatic nitrogens is 5. The molecule has 5 nitrogen and oxygen atoms in total. The lowest BCUT2D eigenvalue weighted by Crippen LogP contribution is -2.00. The summed E-state index contributed by atoms with van der Waals surface area (Å²) in [6, 6.07) is 22.0. The van der Waals surface area contributed by atoms with Gasteiger partial charge in [0.25, 0.3) is 0 Å². The number of halogens is 1. The second-order valence-corrected chi connectivity index (χ2v) is 8.43. The number of hydrogen-bond donors (Lipinski definition) is 0. The maximum Gasteiger partial charge on any atom is 0.196 e. The Morgan fingerprint density at radius 1 is 0.903 bits per heavy atom. The number of hydrogen-bond acceptors (Lipinski definition) is 6. The molecule has 0 saturated heterocycles. The minimum absolute atomic E-state index is 0.281. The van der Waals surface area contributed by atoms with Crippen LogP contribution in [0, 0.1) is 5.82 Å². The smallest absolute Gasteiger partial charge is 0.196 e. The van der Waals surface area contributed by atoms with Gasteiger partial charge in [0, 0.05) is 28.6 Å². The third-order valence-electron chi connectivity index (χ3n) is 4.54. The molecule has 5 aromatic rings.